The van der Waals surface area contributed by atoms with Gasteiger partial charge in [-0.1, -0.05) is 30.3 Å². The SMILES string of the molecule is O=C(Cc1nc2ccc(Nc3ccccc3)cc2s1)NCc1cccc(C(=O)O)c1. The summed E-state index contributed by atoms with van der Waals surface area (Å²) in [6, 6.07) is 22.4. The topological polar surface area (TPSA) is 91.3 Å². The van der Waals surface area contributed by atoms with Gasteiger partial charge < -0.3 is 15.7 Å². The van der Waals surface area contributed by atoms with Gasteiger partial charge in [-0.15, -0.1) is 11.3 Å². The maximum absolute atomic E-state index is 12.3. The lowest BCUT2D eigenvalue weighted by Gasteiger charge is -2.05. The molecule has 6 nitrogen and oxygen atoms in total. The van der Waals surface area contributed by atoms with E-state index in [-0.39, 0.29) is 24.4 Å². The molecule has 1 aromatic heterocycles. The molecule has 4 rings (SSSR count). The fourth-order valence-corrected chi connectivity index (χ4v) is 4.03. The maximum atomic E-state index is 12.3. The van der Waals surface area contributed by atoms with E-state index in [0.29, 0.717) is 0 Å². The number of carbonyl (C=O) groups excluding carboxylic acids is 1. The van der Waals surface area contributed by atoms with Crippen molar-refractivity contribution in [2.75, 3.05) is 5.32 Å². The molecule has 1 amide bonds. The number of hydrogen-bond donors (Lipinski definition) is 3. The number of para-hydroxylation sites is 1. The summed E-state index contributed by atoms with van der Waals surface area (Å²) in [4.78, 5) is 27.9. The first-order valence-corrected chi connectivity index (χ1v) is 10.2. The Labute approximate surface area is 177 Å². The Hall–Kier alpha value is -3.71. The van der Waals surface area contributed by atoms with Crippen molar-refractivity contribution >= 4 is 44.8 Å². The van der Waals surface area contributed by atoms with Crippen LogP contribution in [0.5, 0.6) is 0 Å². The second-order valence-corrected chi connectivity index (χ2v) is 7.86. The standard InChI is InChI=1S/C23H19N3O3S/c27-21(24-14-15-5-4-6-16(11-15)23(28)29)13-22-26-19-10-9-18(12-20(19)30-22)25-17-7-2-1-3-8-17/h1-12,25H,13-14H2,(H,24,27)(H,28,29). The third-order valence-electron chi connectivity index (χ3n) is 4.47. The van der Waals surface area contributed by atoms with Gasteiger partial charge in [-0.3, -0.25) is 4.79 Å². The van der Waals surface area contributed by atoms with Crippen LogP contribution >= 0.6 is 11.3 Å². The van der Waals surface area contributed by atoms with Crippen molar-refractivity contribution in [3.8, 4) is 0 Å². The van der Waals surface area contributed by atoms with E-state index in [2.05, 4.69) is 15.6 Å². The van der Waals surface area contributed by atoms with Crippen LogP contribution in [-0.2, 0) is 17.8 Å². The van der Waals surface area contributed by atoms with E-state index < -0.39 is 5.97 Å². The molecule has 4 aromatic rings. The number of amides is 1. The van der Waals surface area contributed by atoms with Gasteiger partial charge >= 0.3 is 5.97 Å². The zero-order chi connectivity index (χ0) is 20.9. The first-order chi connectivity index (χ1) is 14.6. The number of carbonyl (C=O) groups is 2. The summed E-state index contributed by atoms with van der Waals surface area (Å²) in [5.74, 6) is -1.14. The van der Waals surface area contributed by atoms with Gasteiger partial charge in [-0.25, -0.2) is 9.78 Å². The van der Waals surface area contributed by atoms with E-state index in [1.54, 1.807) is 18.2 Å². The number of hydrogen-bond acceptors (Lipinski definition) is 5. The maximum Gasteiger partial charge on any atom is 0.335 e. The number of anilines is 2. The van der Waals surface area contributed by atoms with Crippen molar-refractivity contribution < 1.29 is 14.7 Å². The van der Waals surface area contributed by atoms with Crippen LogP contribution in [0.1, 0.15) is 20.9 Å². The van der Waals surface area contributed by atoms with Crippen LogP contribution in [0.15, 0.2) is 72.8 Å². The zero-order valence-corrected chi connectivity index (χ0v) is 16.8. The molecule has 0 saturated heterocycles. The van der Waals surface area contributed by atoms with E-state index in [1.165, 1.54) is 17.4 Å². The molecule has 0 unspecified atom stereocenters. The molecule has 30 heavy (non-hydrogen) atoms. The Morgan fingerprint density at radius 1 is 0.933 bits per heavy atom. The van der Waals surface area contributed by atoms with Gasteiger partial charge in [-0.2, -0.15) is 0 Å². The second-order valence-electron chi connectivity index (χ2n) is 6.74. The van der Waals surface area contributed by atoms with Crippen LogP contribution in [0.4, 0.5) is 11.4 Å². The number of benzene rings is 3. The first-order valence-electron chi connectivity index (χ1n) is 9.37. The minimum Gasteiger partial charge on any atom is -0.478 e. The number of aromatic carboxylic acids is 1. The number of nitrogens with zero attached hydrogens (tertiary/aromatic N) is 1. The van der Waals surface area contributed by atoms with Crippen LogP contribution < -0.4 is 10.6 Å². The molecular formula is C23H19N3O3S. The molecule has 0 saturated carbocycles. The second kappa shape index (κ2) is 8.75. The highest BCUT2D eigenvalue weighted by atomic mass is 32.1. The number of carboxylic acids is 1. The molecule has 3 N–H and O–H groups in total. The molecule has 0 atom stereocenters. The minimum atomic E-state index is -0.987. The van der Waals surface area contributed by atoms with Gasteiger partial charge in [0.1, 0.15) is 5.01 Å². The van der Waals surface area contributed by atoms with E-state index in [9.17, 15) is 9.59 Å². The minimum absolute atomic E-state index is 0.155. The number of rotatable bonds is 7. The van der Waals surface area contributed by atoms with E-state index in [0.717, 1.165) is 32.2 Å². The quantitative estimate of drug-likeness (QED) is 0.409. The Bertz CT molecular complexity index is 1200. The number of fused-ring (bicyclic) bond motifs is 1. The molecule has 0 bridgehead atoms. The largest absolute Gasteiger partial charge is 0.478 e. The Kier molecular flexibility index (Phi) is 5.72. The third-order valence-corrected chi connectivity index (χ3v) is 5.49. The van der Waals surface area contributed by atoms with Gasteiger partial charge in [0.2, 0.25) is 5.91 Å². The summed E-state index contributed by atoms with van der Waals surface area (Å²) in [5.41, 5.74) is 3.77. The molecule has 0 fully saturated rings. The van der Waals surface area contributed by atoms with Gasteiger partial charge in [-0.05, 0) is 48.0 Å². The van der Waals surface area contributed by atoms with Gasteiger partial charge in [0.05, 0.1) is 22.2 Å². The van der Waals surface area contributed by atoms with E-state index >= 15 is 0 Å². The molecular weight excluding hydrogens is 398 g/mol. The summed E-state index contributed by atoms with van der Waals surface area (Å²) in [7, 11) is 0. The van der Waals surface area contributed by atoms with Gasteiger partial charge in [0.15, 0.2) is 0 Å². The van der Waals surface area contributed by atoms with Crippen molar-refractivity contribution in [3.05, 3.63) is 88.9 Å². The molecule has 0 spiro atoms. The third kappa shape index (κ3) is 4.82. The molecule has 0 aliphatic rings. The van der Waals surface area contributed by atoms with E-state index in [4.69, 9.17) is 5.11 Å². The summed E-state index contributed by atoms with van der Waals surface area (Å²) < 4.78 is 1.01. The first kappa shape index (κ1) is 19.6. The van der Waals surface area contributed by atoms with Crippen molar-refractivity contribution in [1.82, 2.24) is 10.3 Å². The lowest BCUT2D eigenvalue weighted by Crippen LogP contribution is -2.24. The van der Waals surface area contributed by atoms with Gasteiger partial charge in [0.25, 0.3) is 0 Å². The van der Waals surface area contributed by atoms with Crippen LogP contribution in [0.25, 0.3) is 10.2 Å². The van der Waals surface area contributed by atoms with Crippen LogP contribution in [0.3, 0.4) is 0 Å². The Morgan fingerprint density at radius 2 is 1.77 bits per heavy atom. The van der Waals surface area contributed by atoms with Crippen molar-refractivity contribution in [2.24, 2.45) is 0 Å². The molecule has 0 aliphatic carbocycles. The highest BCUT2D eigenvalue weighted by Crippen LogP contribution is 2.27. The van der Waals surface area contributed by atoms with Crippen molar-refractivity contribution in [3.63, 3.8) is 0 Å². The highest BCUT2D eigenvalue weighted by Gasteiger charge is 2.10. The van der Waals surface area contributed by atoms with E-state index in [1.807, 2.05) is 48.5 Å². The normalized spacial score (nSPS) is 10.7. The van der Waals surface area contributed by atoms with Crippen LogP contribution in [0.2, 0.25) is 0 Å². The van der Waals surface area contributed by atoms with Crippen LogP contribution in [-0.4, -0.2) is 22.0 Å². The average Bonchev–Trinajstić information content (AvgIpc) is 3.14. The molecule has 150 valence electrons. The lowest BCUT2D eigenvalue weighted by molar-refractivity contribution is -0.120. The smallest absolute Gasteiger partial charge is 0.335 e. The number of nitrogens with one attached hydrogen (secondary N) is 2. The van der Waals surface area contributed by atoms with Crippen molar-refractivity contribution in [2.45, 2.75) is 13.0 Å². The Balaban J connectivity index is 1.39. The number of carboxylic acid groups (broad SMARTS) is 1. The summed E-state index contributed by atoms with van der Waals surface area (Å²) in [6.07, 6.45) is 0.180. The summed E-state index contributed by atoms with van der Waals surface area (Å²) in [5, 5.41) is 16.0. The van der Waals surface area contributed by atoms with Crippen molar-refractivity contribution in [1.29, 1.82) is 0 Å². The summed E-state index contributed by atoms with van der Waals surface area (Å²) >= 11 is 1.49. The predicted molar refractivity (Wildman–Crippen MR) is 118 cm³/mol. The lowest BCUT2D eigenvalue weighted by atomic mass is 10.1. The molecule has 0 radical (unpaired) electrons. The number of thiazole rings is 1. The Morgan fingerprint density at radius 3 is 2.57 bits per heavy atom. The molecule has 1 heterocycles. The number of aromatic nitrogens is 1. The predicted octanol–water partition coefficient (Wildman–Crippen LogP) is 4.60. The molecule has 7 heteroatoms. The fraction of sp³-hybridized carbons (Fsp3) is 0.0870. The summed E-state index contributed by atoms with van der Waals surface area (Å²) in [6.45, 7) is 0.274. The fourth-order valence-electron chi connectivity index (χ4n) is 3.03. The van der Waals surface area contributed by atoms with Crippen LogP contribution in [0, 0.1) is 0 Å². The monoisotopic (exact) mass is 417 g/mol. The molecule has 3 aromatic carbocycles. The van der Waals surface area contributed by atoms with Gasteiger partial charge in [0, 0.05) is 17.9 Å². The highest BCUT2D eigenvalue weighted by molar-refractivity contribution is 7.18. The zero-order valence-electron chi connectivity index (χ0n) is 16.0. The average molecular weight is 417 g/mol. The molecule has 0 aliphatic heterocycles.